The normalized spacial score (nSPS) is 10.1. The first-order valence-electron chi connectivity index (χ1n) is 6.89. The zero-order valence-electron chi connectivity index (χ0n) is 12.5. The van der Waals surface area contributed by atoms with E-state index in [0.29, 0.717) is 16.8 Å². The van der Waals surface area contributed by atoms with E-state index in [2.05, 4.69) is 10.6 Å². The molecule has 5 nitrogen and oxygen atoms in total. The molecule has 0 aliphatic carbocycles. The fourth-order valence-corrected chi connectivity index (χ4v) is 2.04. The van der Waals surface area contributed by atoms with Crippen LogP contribution in [0, 0.1) is 6.92 Å². The van der Waals surface area contributed by atoms with Crippen molar-refractivity contribution in [2.45, 2.75) is 13.5 Å². The zero-order valence-corrected chi connectivity index (χ0v) is 12.5. The quantitative estimate of drug-likeness (QED) is 0.809. The smallest absolute Gasteiger partial charge is 0.255 e. The Morgan fingerprint density at radius 2 is 1.73 bits per heavy atom. The van der Waals surface area contributed by atoms with Crippen molar-refractivity contribution in [2.75, 3.05) is 12.4 Å². The number of aryl methyl sites for hydroxylation is 1. The maximum Gasteiger partial charge on any atom is 0.255 e. The second-order valence-electron chi connectivity index (χ2n) is 4.92. The predicted octanol–water partition coefficient (Wildman–Crippen LogP) is 2.10. The Morgan fingerprint density at radius 1 is 1.05 bits per heavy atom. The summed E-state index contributed by atoms with van der Waals surface area (Å²) in [6.07, 6.45) is 0. The summed E-state index contributed by atoms with van der Waals surface area (Å²) < 4.78 is 0. The van der Waals surface area contributed by atoms with Gasteiger partial charge in [-0.2, -0.15) is 0 Å². The van der Waals surface area contributed by atoms with Gasteiger partial charge < -0.3 is 15.7 Å². The van der Waals surface area contributed by atoms with Gasteiger partial charge in [0.2, 0.25) is 0 Å². The van der Waals surface area contributed by atoms with Gasteiger partial charge in [-0.15, -0.1) is 0 Å². The molecule has 2 aromatic carbocycles. The highest BCUT2D eigenvalue weighted by Gasteiger charge is 2.11. The molecule has 0 aliphatic heterocycles. The zero-order chi connectivity index (χ0) is 16.1. The van der Waals surface area contributed by atoms with Crippen LogP contribution in [0.1, 0.15) is 31.8 Å². The van der Waals surface area contributed by atoms with Crippen LogP contribution in [-0.2, 0) is 6.61 Å². The van der Waals surface area contributed by atoms with Crippen molar-refractivity contribution >= 4 is 17.5 Å². The van der Waals surface area contributed by atoms with Crippen LogP contribution in [0.5, 0.6) is 0 Å². The number of amides is 2. The van der Waals surface area contributed by atoms with Gasteiger partial charge in [0.25, 0.3) is 11.8 Å². The van der Waals surface area contributed by atoms with Crippen LogP contribution in [0.15, 0.2) is 42.5 Å². The van der Waals surface area contributed by atoms with E-state index < -0.39 is 0 Å². The van der Waals surface area contributed by atoms with Crippen molar-refractivity contribution in [2.24, 2.45) is 0 Å². The first-order valence-corrected chi connectivity index (χ1v) is 6.89. The Kier molecular flexibility index (Phi) is 4.91. The number of anilines is 1. The Balaban J connectivity index is 2.24. The topological polar surface area (TPSA) is 78.4 Å². The molecule has 0 spiro atoms. The molecule has 5 heteroatoms. The molecule has 0 heterocycles. The molecule has 0 aliphatic rings. The van der Waals surface area contributed by atoms with E-state index in [-0.39, 0.29) is 18.4 Å². The molecule has 0 aromatic heterocycles. The third-order valence-corrected chi connectivity index (χ3v) is 3.35. The molecule has 0 bridgehead atoms. The molecule has 0 unspecified atom stereocenters. The number of rotatable bonds is 4. The molecule has 2 amide bonds. The second-order valence-corrected chi connectivity index (χ2v) is 4.92. The first kappa shape index (κ1) is 15.7. The number of hydrogen-bond donors (Lipinski definition) is 3. The number of aliphatic hydroxyl groups is 1. The summed E-state index contributed by atoms with van der Waals surface area (Å²) in [6, 6.07) is 11.9. The maximum absolute atomic E-state index is 12.3. The first-order chi connectivity index (χ1) is 10.5. The van der Waals surface area contributed by atoms with E-state index >= 15 is 0 Å². The van der Waals surface area contributed by atoms with Crippen molar-refractivity contribution < 1.29 is 14.7 Å². The molecule has 114 valence electrons. The van der Waals surface area contributed by atoms with Gasteiger partial charge in [-0.05, 0) is 42.3 Å². The molecule has 2 aromatic rings. The molecular weight excluding hydrogens is 280 g/mol. The molecular formula is C17H18N2O3. The number of benzene rings is 2. The summed E-state index contributed by atoms with van der Waals surface area (Å²) in [5, 5.41) is 14.5. The van der Waals surface area contributed by atoms with E-state index in [1.165, 1.54) is 0 Å². The average molecular weight is 298 g/mol. The summed E-state index contributed by atoms with van der Waals surface area (Å²) >= 11 is 0. The highest BCUT2D eigenvalue weighted by molar-refractivity contribution is 6.06. The summed E-state index contributed by atoms with van der Waals surface area (Å²) in [4.78, 5) is 23.9. The second kappa shape index (κ2) is 6.87. The maximum atomic E-state index is 12.3. The number of aliphatic hydroxyl groups excluding tert-OH is 1. The lowest BCUT2D eigenvalue weighted by Gasteiger charge is -2.10. The Labute approximate surface area is 129 Å². The fraction of sp³-hybridized carbons (Fsp3) is 0.176. The van der Waals surface area contributed by atoms with E-state index in [1.54, 1.807) is 43.4 Å². The number of carbonyl (C=O) groups excluding carboxylic acids is 2. The minimum absolute atomic E-state index is 0.0880. The van der Waals surface area contributed by atoms with Gasteiger partial charge in [-0.1, -0.05) is 18.2 Å². The van der Waals surface area contributed by atoms with Gasteiger partial charge in [0.1, 0.15) is 0 Å². The van der Waals surface area contributed by atoms with Crippen LogP contribution in [0.4, 0.5) is 5.69 Å². The molecule has 2 rings (SSSR count). The SMILES string of the molecule is CNC(=O)c1cccc(C(=O)Nc2cc(CO)ccc2C)c1. The fourth-order valence-electron chi connectivity index (χ4n) is 2.04. The third-order valence-electron chi connectivity index (χ3n) is 3.35. The minimum Gasteiger partial charge on any atom is -0.392 e. The Bertz CT molecular complexity index is 711. The van der Waals surface area contributed by atoms with Gasteiger partial charge in [-0.25, -0.2) is 0 Å². The van der Waals surface area contributed by atoms with Crippen molar-refractivity contribution in [3.63, 3.8) is 0 Å². The van der Waals surface area contributed by atoms with Gasteiger partial charge >= 0.3 is 0 Å². The number of hydrogen-bond acceptors (Lipinski definition) is 3. The molecule has 3 N–H and O–H groups in total. The highest BCUT2D eigenvalue weighted by atomic mass is 16.3. The van der Waals surface area contributed by atoms with Crippen LogP contribution in [0.2, 0.25) is 0 Å². The molecule has 0 fully saturated rings. The average Bonchev–Trinajstić information content (AvgIpc) is 2.56. The Hall–Kier alpha value is -2.66. The van der Waals surface area contributed by atoms with Crippen LogP contribution in [0.3, 0.4) is 0 Å². The van der Waals surface area contributed by atoms with Crippen molar-refractivity contribution in [3.8, 4) is 0 Å². The van der Waals surface area contributed by atoms with Gasteiger partial charge in [0, 0.05) is 23.9 Å². The van der Waals surface area contributed by atoms with Gasteiger partial charge in [0.15, 0.2) is 0 Å². The van der Waals surface area contributed by atoms with E-state index in [4.69, 9.17) is 0 Å². The predicted molar refractivity (Wildman–Crippen MR) is 84.9 cm³/mol. The van der Waals surface area contributed by atoms with Crippen molar-refractivity contribution in [3.05, 3.63) is 64.7 Å². The largest absolute Gasteiger partial charge is 0.392 e. The summed E-state index contributed by atoms with van der Waals surface area (Å²) in [7, 11) is 1.54. The van der Waals surface area contributed by atoms with Crippen LogP contribution < -0.4 is 10.6 Å². The van der Waals surface area contributed by atoms with Crippen molar-refractivity contribution in [1.82, 2.24) is 5.32 Å². The molecule has 0 radical (unpaired) electrons. The van der Waals surface area contributed by atoms with Gasteiger partial charge in [-0.3, -0.25) is 9.59 Å². The lowest BCUT2D eigenvalue weighted by molar-refractivity contribution is 0.0963. The van der Waals surface area contributed by atoms with Crippen LogP contribution in [0.25, 0.3) is 0 Å². The minimum atomic E-state index is -0.302. The van der Waals surface area contributed by atoms with Gasteiger partial charge in [0.05, 0.1) is 6.61 Å². The molecule has 0 saturated carbocycles. The molecule has 0 atom stereocenters. The van der Waals surface area contributed by atoms with Crippen LogP contribution >= 0.6 is 0 Å². The number of carbonyl (C=O) groups is 2. The highest BCUT2D eigenvalue weighted by Crippen LogP contribution is 2.18. The third kappa shape index (κ3) is 3.51. The Morgan fingerprint density at radius 3 is 2.36 bits per heavy atom. The summed E-state index contributed by atoms with van der Waals surface area (Å²) in [5.41, 5.74) is 3.08. The summed E-state index contributed by atoms with van der Waals surface area (Å²) in [5.74, 6) is -0.544. The molecule has 22 heavy (non-hydrogen) atoms. The lowest BCUT2D eigenvalue weighted by Crippen LogP contribution is -2.19. The standard InChI is InChI=1S/C17H18N2O3/c1-11-6-7-12(10-20)8-15(11)19-17(22)14-5-3-4-13(9-14)16(21)18-2/h3-9,20H,10H2,1-2H3,(H,18,21)(H,19,22). The monoisotopic (exact) mass is 298 g/mol. The summed E-state index contributed by atoms with van der Waals surface area (Å²) in [6.45, 7) is 1.78. The van der Waals surface area contributed by atoms with Crippen molar-refractivity contribution in [1.29, 1.82) is 0 Å². The molecule has 0 saturated heterocycles. The lowest BCUT2D eigenvalue weighted by atomic mass is 10.1. The number of nitrogens with one attached hydrogen (secondary N) is 2. The van der Waals surface area contributed by atoms with Crippen LogP contribution in [-0.4, -0.2) is 24.0 Å². The van der Waals surface area contributed by atoms with E-state index in [1.807, 2.05) is 13.0 Å². The van der Waals surface area contributed by atoms with E-state index in [9.17, 15) is 14.7 Å². The van der Waals surface area contributed by atoms with E-state index in [0.717, 1.165) is 11.1 Å².